The van der Waals surface area contributed by atoms with Gasteiger partial charge in [0.15, 0.2) is 0 Å². The second-order valence-electron chi connectivity index (χ2n) is 5.25. The zero-order valence-corrected chi connectivity index (χ0v) is 11.3. The topological polar surface area (TPSA) is 24.5 Å². The molecule has 3 unspecified atom stereocenters. The molecule has 1 heterocycles. The minimum atomic E-state index is 0.291. The lowest BCUT2D eigenvalue weighted by molar-refractivity contribution is 0.0868. The van der Waals surface area contributed by atoms with Gasteiger partial charge in [-0.3, -0.25) is 0 Å². The molecule has 1 fully saturated rings. The van der Waals surface area contributed by atoms with Crippen molar-refractivity contribution in [1.29, 1.82) is 0 Å². The van der Waals surface area contributed by atoms with Gasteiger partial charge < -0.3 is 15.0 Å². The van der Waals surface area contributed by atoms with Crippen LogP contribution < -0.4 is 5.32 Å². The molecular formula is C13H28N2O. The van der Waals surface area contributed by atoms with Gasteiger partial charge >= 0.3 is 0 Å². The number of nitrogens with zero attached hydrogens (tertiary/aromatic N) is 1. The van der Waals surface area contributed by atoms with Crippen LogP contribution in [0.25, 0.3) is 0 Å². The maximum atomic E-state index is 5.30. The van der Waals surface area contributed by atoms with Gasteiger partial charge in [-0.15, -0.1) is 0 Å². The predicted octanol–water partition coefficient (Wildman–Crippen LogP) is 1.73. The van der Waals surface area contributed by atoms with Crippen LogP contribution in [0.15, 0.2) is 0 Å². The highest BCUT2D eigenvalue weighted by molar-refractivity contribution is 4.73. The molecule has 3 nitrogen and oxygen atoms in total. The SMILES string of the molecule is COC(C)C(C)NCC(C)CN1CCCC1. The predicted molar refractivity (Wildman–Crippen MR) is 68.8 cm³/mol. The van der Waals surface area contributed by atoms with Crippen molar-refractivity contribution in [2.24, 2.45) is 5.92 Å². The van der Waals surface area contributed by atoms with E-state index in [2.05, 4.69) is 31.0 Å². The van der Waals surface area contributed by atoms with Crippen molar-refractivity contribution in [3.63, 3.8) is 0 Å². The molecule has 0 bridgehead atoms. The van der Waals surface area contributed by atoms with Crippen LogP contribution in [0.3, 0.4) is 0 Å². The molecule has 1 N–H and O–H groups in total. The van der Waals surface area contributed by atoms with Gasteiger partial charge in [0.1, 0.15) is 0 Å². The van der Waals surface area contributed by atoms with Crippen LogP contribution in [0.1, 0.15) is 33.6 Å². The molecule has 0 aliphatic carbocycles. The lowest BCUT2D eigenvalue weighted by Gasteiger charge is -2.24. The van der Waals surface area contributed by atoms with E-state index in [4.69, 9.17) is 4.74 Å². The smallest absolute Gasteiger partial charge is 0.0693 e. The zero-order chi connectivity index (χ0) is 12.0. The fourth-order valence-electron chi connectivity index (χ4n) is 2.23. The number of ether oxygens (including phenoxy) is 1. The molecule has 1 aliphatic heterocycles. The Balaban J connectivity index is 2.11. The third-order valence-electron chi connectivity index (χ3n) is 3.63. The van der Waals surface area contributed by atoms with Crippen LogP contribution in [0.2, 0.25) is 0 Å². The van der Waals surface area contributed by atoms with E-state index in [1.165, 1.54) is 32.5 Å². The summed E-state index contributed by atoms with van der Waals surface area (Å²) < 4.78 is 5.30. The average Bonchev–Trinajstić information content (AvgIpc) is 2.77. The maximum Gasteiger partial charge on any atom is 0.0693 e. The molecule has 0 radical (unpaired) electrons. The normalized spacial score (nSPS) is 23.2. The number of likely N-dealkylation sites (tertiary alicyclic amines) is 1. The van der Waals surface area contributed by atoms with E-state index in [1.807, 2.05) is 0 Å². The summed E-state index contributed by atoms with van der Waals surface area (Å²) in [5.74, 6) is 0.726. The molecule has 3 heteroatoms. The van der Waals surface area contributed by atoms with Crippen LogP contribution >= 0.6 is 0 Å². The number of hydrogen-bond donors (Lipinski definition) is 1. The van der Waals surface area contributed by atoms with Gasteiger partial charge in [0.25, 0.3) is 0 Å². The standard InChI is InChI=1S/C13H28N2O/c1-11(10-15-7-5-6-8-15)9-14-12(2)13(3)16-4/h11-14H,5-10H2,1-4H3. The van der Waals surface area contributed by atoms with Gasteiger partial charge in [0.05, 0.1) is 6.10 Å². The van der Waals surface area contributed by atoms with E-state index < -0.39 is 0 Å². The van der Waals surface area contributed by atoms with Crippen LogP contribution in [0.5, 0.6) is 0 Å². The largest absolute Gasteiger partial charge is 0.380 e. The van der Waals surface area contributed by atoms with Crippen LogP contribution in [-0.2, 0) is 4.74 Å². The highest BCUT2D eigenvalue weighted by Crippen LogP contribution is 2.10. The van der Waals surface area contributed by atoms with Crippen LogP contribution in [0, 0.1) is 5.92 Å². The van der Waals surface area contributed by atoms with Crippen molar-refractivity contribution in [2.45, 2.75) is 45.8 Å². The Morgan fingerprint density at radius 2 is 1.81 bits per heavy atom. The third kappa shape index (κ3) is 4.81. The van der Waals surface area contributed by atoms with Crippen molar-refractivity contribution in [1.82, 2.24) is 10.2 Å². The maximum absolute atomic E-state index is 5.30. The summed E-state index contributed by atoms with van der Waals surface area (Å²) in [6, 6.07) is 0.436. The van der Waals surface area contributed by atoms with Gasteiger partial charge in [-0.1, -0.05) is 6.92 Å². The quantitative estimate of drug-likeness (QED) is 0.718. The minimum Gasteiger partial charge on any atom is -0.380 e. The summed E-state index contributed by atoms with van der Waals surface area (Å²) in [5.41, 5.74) is 0. The first-order chi connectivity index (χ1) is 7.63. The fourth-order valence-corrected chi connectivity index (χ4v) is 2.23. The molecule has 0 aromatic heterocycles. The van der Waals surface area contributed by atoms with E-state index >= 15 is 0 Å². The summed E-state index contributed by atoms with van der Waals surface area (Å²) >= 11 is 0. The Kier molecular flexibility index (Phi) is 6.32. The van der Waals surface area contributed by atoms with Crippen molar-refractivity contribution in [3.05, 3.63) is 0 Å². The monoisotopic (exact) mass is 228 g/mol. The Hall–Kier alpha value is -0.120. The summed E-state index contributed by atoms with van der Waals surface area (Å²) in [6.45, 7) is 11.6. The highest BCUT2D eigenvalue weighted by atomic mass is 16.5. The second-order valence-corrected chi connectivity index (χ2v) is 5.25. The molecule has 0 spiro atoms. The molecule has 1 rings (SSSR count). The van der Waals surface area contributed by atoms with Gasteiger partial charge in [-0.05, 0) is 52.2 Å². The Morgan fingerprint density at radius 3 is 2.38 bits per heavy atom. The zero-order valence-electron chi connectivity index (χ0n) is 11.3. The van der Waals surface area contributed by atoms with Crippen molar-refractivity contribution >= 4 is 0 Å². The van der Waals surface area contributed by atoms with E-state index in [9.17, 15) is 0 Å². The highest BCUT2D eigenvalue weighted by Gasteiger charge is 2.16. The fraction of sp³-hybridized carbons (Fsp3) is 1.00. The first-order valence-electron chi connectivity index (χ1n) is 6.62. The van der Waals surface area contributed by atoms with Crippen LogP contribution in [0.4, 0.5) is 0 Å². The lowest BCUT2D eigenvalue weighted by atomic mass is 10.1. The number of rotatable bonds is 7. The first kappa shape index (κ1) is 13.9. The molecule has 96 valence electrons. The molecule has 0 aromatic carbocycles. The third-order valence-corrected chi connectivity index (χ3v) is 3.63. The first-order valence-corrected chi connectivity index (χ1v) is 6.62. The van der Waals surface area contributed by atoms with Crippen molar-refractivity contribution in [2.75, 3.05) is 33.3 Å². The van der Waals surface area contributed by atoms with Crippen LogP contribution in [-0.4, -0.2) is 50.3 Å². The van der Waals surface area contributed by atoms with E-state index in [-0.39, 0.29) is 0 Å². The van der Waals surface area contributed by atoms with E-state index in [1.54, 1.807) is 7.11 Å². The lowest BCUT2D eigenvalue weighted by Crippen LogP contribution is -2.41. The molecule has 0 saturated carbocycles. The van der Waals surface area contributed by atoms with E-state index in [0.29, 0.717) is 12.1 Å². The molecular weight excluding hydrogens is 200 g/mol. The van der Waals surface area contributed by atoms with Gasteiger partial charge in [0.2, 0.25) is 0 Å². The van der Waals surface area contributed by atoms with Gasteiger partial charge in [0, 0.05) is 19.7 Å². The second kappa shape index (κ2) is 7.25. The van der Waals surface area contributed by atoms with E-state index in [0.717, 1.165) is 12.5 Å². The summed E-state index contributed by atoms with van der Waals surface area (Å²) in [7, 11) is 1.77. The van der Waals surface area contributed by atoms with Crippen molar-refractivity contribution < 1.29 is 4.74 Å². The number of nitrogens with one attached hydrogen (secondary N) is 1. The van der Waals surface area contributed by atoms with Crippen molar-refractivity contribution in [3.8, 4) is 0 Å². The molecule has 0 amide bonds. The molecule has 16 heavy (non-hydrogen) atoms. The number of hydrogen-bond acceptors (Lipinski definition) is 3. The molecule has 0 aromatic rings. The van der Waals surface area contributed by atoms with Gasteiger partial charge in [-0.2, -0.15) is 0 Å². The van der Waals surface area contributed by atoms with Gasteiger partial charge in [-0.25, -0.2) is 0 Å². The summed E-state index contributed by atoms with van der Waals surface area (Å²) in [6.07, 6.45) is 3.06. The minimum absolute atomic E-state index is 0.291. The summed E-state index contributed by atoms with van der Waals surface area (Å²) in [5, 5.41) is 3.56. The summed E-state index contributed by atoms with van der Waals surface area (Å²) in [4.78, 5) is 2.58. The molecule has 1 aliphatic rings. The number of methoxy groups -OCH3 is 1. The molecule has 1 saturated heterocycles. The Bertz CT molecular complexity index is 181. The molecule has 3 atom stereocenters. The average molecular weight is 228 g/mol. The Morgan fingerprint density at radius 1 is 1.19 bits per heavy atom. The Labute approximate surface area is 101 Å².